The van der Waals surface area contributed by atoms with Crippen LogP contribution in [0.5, 0.6) is 5.75 Å². The number of halogens is 4. The maximum Gasteiger partial charge on any atom is 0.389 e. The van der Waals surface area contributed by atoms with E-state index < -0.39 is 12.6 Å². The van der Waals surface area contributed by atoms with Crippen molar-refractivity contribution in [2.24, 2.45) is 0 Å². The minimum atomic E-state index is -4.13. The Balaban J connectivity index is 2.37. The summed E-state index contributed by atoms with van der Waals surface area (Å²) in [6.45, 7) is 0.189. The summed E-state index contributed by atoms with van der Waals surface area (Å²) in [7, 11) is 1.62. The molecule has 0 spiro atoms. The maximum absolute atomic E-state index is 12.1. The number of hydrogen-bond donors (Lipinski definition) is 1. The summed E-state index contributed by atoms with van der Waals surface area (Å²) < 4.78 is 41.6. The Bertz CT molecular complexity index is 353. The highest BCUT2D eigenvalue weighted by molar-refractivity contribution is 6.30. The molecule has 1 aromatic carbocycles. The molecule has 0 bridgehead atoms. The van der Waals surface area contributed by atoms with Gasteiger partial charge in [-0.25, -0.2) is 0 Å². The third kappa shape index (κ3) is 6.12. The van der Waals surface area contributed by atoms with Crippen LogP contribution in [0.3, 0.4) is 0 Å². The van der Waals surface area contributed by atoms with Gasteiger partial charge in [0.25, 0.3) is 0 Å². The first kappa shape index (κ1) is 15.1. The Hall–Kier alpha value is -0.940. The lowest BCUT2D eigenvalue weighted by atomic mass is 10.1. The van der Waals surface area contributed by atoms with E-state index in [1.807, 2.05) is 0 Å². The van der Waals surface area contributed by atoms with E-state index in [1.54, 1.807) is 31.3 Å². The van der Waals surface area contributed by atoms with Crippen molar-refractivity contribution in [2.45, 2.75) is 25.1 Å². The molecule has 0 saturated carbocycles. The van der Waals surface area contributed by atoms with Crippen LogP contribution >= 0.6 is 11.6 Å². The highest BCUT2D eigenvalue weighted by atomic mass is 35.5. The van der Waals surface area contributed by atoms with Crippen molar-refractivity contribution in [3.05, 3.63) is 29.3 Å². The van der Waals surface area contributed by atoms with E-state index in [0.29, 0.717) is 10.8 Å². The van der Waals surface area contributed by atoms with Crippen molar-refractivity contribution in [2.75, 3.05) is 13.7 Å². The summed E-state index contributed by atoms with van der Waals surface area (Å²) in [4.78, 5) is 0. The lowest BCUT2D eigenvalue weighted by Gasteiger charge is -2.17. The van der Waals surface area contributed by atoms with Crippen molar-refractivity contribution in [3.63, 3.8) is 0 Å². The quantitative estimate of drug-likeness (QED) is 0.859. The van der Waals surface area contributed by atoms with Crippen LogP contribution in [-0.2, 0) is 0 Å². The molecule has 0 aliphatic heterocycles. The van der Waals surface area contributed by atoms with E-state index in [-0.39, 0.29) is 19.1 Å². The number of alkyl halides is 3. The average molecular weight is 282 g/mol. The molecule has 102 valence electrons. The molecule has 1 atom stereocenters. The number of ether oxygens (including phenoxy) is 1. The maximum atomic E-state index is 12.1. The first-order valence-electron chi connectivity index (χ1n) is 5.53. The third-order valence-electron chi connectivity index (χ3n) is 2.45. The van der Waals surface area contributed by atoms with Gasteiger partial charge >= 0.3 is 6.18 Å². The Morgan fingerprint density at radius 2 is 1.89 bits per heavy atom. The van der Waals surface area contributed by atoms with Gasteiger partial charge in [0.1, 0.15) is 12.4 Å². The molecule has 0 radical (unpaired) electrons. The molecule has 0 heterocycles. The molecule has 6 heteroatoms. The van der Waals surface area contributed by atoms with Crippen molar-refractivity contribution in [1.29, 1.82) is 0 Å². The standard InChI is InChI=1S/C12H15ClF3NO/c1-17-10(6-7-12(14,15)16)8-18-11-4-2-9(13)3-5-11/h2-5,10,17H,6-8H2,1H3. The smallest absolute Gasteiger partial charge is 0.389 e. The van der Waals surface area contributed by atoms with Gasteiger partial charge in [0, 0.05) is 17.5 Å². The molecule has 1 aromatic rings. The molecule has 0 aliphatic rings. The average Bonchev–Trinajstić information content (AvgIpc) is 2.30. The summed E-state index contributed by atoms with van der Waals surface area (Å²) >= 11 is 5.71. The molecule has 0 fully saturated rings. The van der Waals surface area contributed by atoms with Crippen molar-refractivity contribution < 1.29 is 17.9 Å². The van der Waals surface area contributed by atoms with E-state index >= 15 is 0 Å². The fraction of sp³-hybridized carbons (Fsp3) is 0.500. The number of nitrogens with one attached hydrogen (secondary N) is 1. The summed E-state index contributed by atoms with van der Waals surface area (Å²) in [5.41, 5.74) is 0. The molecule has 1 N–H and O–H groups in total. The van der Waals surface area contributed by atoms with Crippen molar-refractivity contribution >= 4 is 11.6 Å². The van der Waals surface area contributed by atoms with E-state index in [4.69, 9.17) is 16.3 Å². The molecule has 0 aliphatic carbocycles. The predicted molar refractivity (Wildman–Crippen MR) is 65.1 cm³/mol. The monoisotopic (exact) mass is 281 g/mol. The predicted octanol–water partition coefficient (Wildman–Crippen LogP) is 3.65. The van der Waals surface area contributed by atoms with E-state index in [1.165, 1.54) is 0 Å². The SMILES string of the molecule is CNC(CCC(F)(F)F)COc1ccc(Cl)cc1. The fourth-order valence-corrected chi connectivity index (χ4v) is 1.50. The molecule has 2 nitrogen and oxygen atoms in total. The van der Waals surface area contributed by atoms with E-state index in [0.717, 1.165) is 0 Å². The van der Waals surface area contributed by atoms with Gasteiger partial charge in [-0.3, -0.25) is 0 Å². The summed E-state index contributed by atoms with van der Waals surface area (Å²) in [5, 5.41) is 3.39. The fourth-order valence-electron chi connectivity index (χ4n) is 1.38. The van der Waals surface area contributed by atoms with Crippen molar-refractivity contribution in [1.82, 2.24) is 5.32 Å². The lowest BCUT2D eigenvalue weighted by Crippen LogP contribution is -2.33. The van der Waals surface area contributed by atoms with Crippen LogP contribution in [0.15, 0.2) is 24.3 Å². The molecule has 1 unspecified atom stereocenters. The molecule has 0 amide bonds. The van der Waals surface area contributed by atoms with Crippen molar-refractivity contribution in [3.8, 4) is 5.75 Å². The molecular formula is C12H15ClF3NO. The van der Waals surface area contributed by atoms with Crippen LogP contribution in [0.2, 0.25) is 5.02 Å². The molecule has 0 saturated heterocycles. The van der Waals surface area contributed by atoms with Gasteiger partial charge in [-0.2, -0.15) is 13.2 Å². The molecule has 18 heavy (non-hydrogen) atoms. The molecule has 0 aromatic heterocycles. The van der Waals surface area contributed by atoms with Gasteiger partial charge in [0.2, 0.25) is 0 Å². The van der Waals surface area contributed by atoms with Gasteiger partial charge in [-0.05, 0) is 37.7 Å². The van der Waals surface area contributed by atoms with E-state index in [2.05, 4.69) is 5.32 Å². The number of likely N-dealkylation sites (N-methyl/N-ethyl adjacent to an activating group) is 1. The largest absolute Gasteiger partial charge is 0.492 e. The Morgan fingerprint density at radius 1 is 1.28 bits per heavy atom. The van der Waals surface area contributed by atoms with Gasteiger partial charge in [0.15, 0.2) is 0 Å². The Labute approximate surface area is 109 Å². The second kappa shape index (κ2) is 6.85. The molecular weight excluding hydrogens is 267 g/mol. The Morgan fingerprint density at radius 3 is 2.39 bits per heavy atom. The minimum absolute atomic E-state index is 0.00636. The van der Waals surface area contributed by atoms with Crippen LogP contribution in [0.4, 0.5) is 13.2 Å². The second-order valence-corrected chi connectivity index (χ2v) is 4.34. The first-order chi connectivity index (χ1) is 8.40. The summed E-state index contributed by atoms with van der Waals surface area (Å²) in [6.07, 6.45) is -4.95. The summed E-state index contributed by atoms with van der Waals surface area (Å²) in [5.74, 6) is 0.589. The van der Waals surface area contributed by atoms with Gasteiger partial charge in [-0.1, -0.05) is 11.6 Å². The topological polar surface area (TPSA) is 21.3 Å². The van der Waals surface area contributed by atoms with E-state index in [9.17, 15) is 13.2 Å². The zero-order valence-corrected chi connectivity index (χ0v) is 10.7. The zero-order chi connectivity index (χ0) is 13.6. The van der Waals surface area contributed by atoms with Crippen LogP contribution < -0.4 is 10.1 Å². The van der Waals surface area contributed by atoms with Crippen LogP contribution in [0.25, 0.3) is 0 Å². The number of benzene rings is 1. The van der Waals surface area contributed by atoms with Gasteiger partial charge < -0.3 is 10.1 Å². The third-order valence-corrected chi connectivity index (χ3v) is 2.70. The minimum Gasteiger partial charge on any atom is -0.492 e. The number of hydrogen-bond acceptors (Lipinski definition) is 2. The second-order valence-electron chi connectivity index (χ2n) is 3.90. The highest BCUT2D eigenvalue weighted by Gasteiger charge is 2.28. The van der Waals surface area contributed by atoms with Crippen LogP contribution in [0.1, 0.15) is 12.8 Å². The normalized spacial score (nSPS) is 13.4. The van der Waals surface area contributed by atoms with Crippen LogP contribution in [-0.4, -0.2) is 25.9 Å². The van der Waals surface area contributed by atoms with Gasteiger partial charge in [0.05, 0.1) is 0 Å². The van der Waals surface area contributed by atoms with Crippen LogP contribution in [0, 0.1) is 0 Å². The molecule has 1 rings (SSSR count). The highest BCUT2D eigenvalue weighted by Crippen LogP contribution is 2.22. The number of rotatable bonds is 6. The lowest BCUT2D eigenvalue weighted by molar-refractivity contribution is -0.136. The van der Waals surface area contributed by atoms with Gasteiger partial charge in [-0.15, -0.1) is 0 Å². The summed E-state index contributed by atoms with van der Waals surface area (Å²) in [6, 6.07) is 6.36. The Kier molecular flexibility index (Phi) is 5.75. The zero-order valence-electron chi connectivity index (χ0n) is 9.93. The first-order valence-corrected chi connectivity index (χ1v) is 5.91.